The van der Waals surface area contributed by atoms with Crippen LogP contribution in [-0.2, 0) is 6.42 Å². The molecule has 94 valence electrons. The molecule has 1 atom stereocenters. The molecule has 1 unspecified atom stereocenters. The van der Waals surface area contributed by atoms with Gasteiger partial charge in [-0.15, -0.1) is 0 Å². The van der Waals surface area contributed by atoms with E-state index < -0.39 is 17.5 Å². The summed E-state index contributed by atoms with van der Waals surface area (Å²) in [6.45, 7) is 2.93. The molecule has 0 amide bonds. The molecule has 0 radical (unpaired) electrons. The van der Waals surface area contributed by atoms with E-state index in [1.165, 1.54) is 0 Å². The van der Waals surface area contributed by atoms with Gasteiger partial charge in [-0.1, -0.05) is 6.92 Å². The van der Waals surface area contributed by atoms with E-state index >= 15 is 0 Å². The van der Waals surface area contributed by atoms with Crippen molar-refractivity contribution in [2.45, 2.75) is 38.1 Å². The van der Waals surface area contributed by atoms with Crippen molar-refractivity contribution in [2.24, 2.45) is 0 Å². The minimum Gasteiger partial charge on any atom is -0.311 e. The summed E-state index contributed by atoms with van der Waals surface area (Å²) in [4.78, 5) is 0. The Labute approximate surface area is 99.0 Å². The summed E-state index contributed by atoms with van der Waals surface area (Å²) >= 11 is 0. The van der Waals surface area contributed by atoms with Gasteiger partial charge < -0.3 is 5.32 Å². The van der Waals surface area contributed by atoms with Gasteiger partial charge in [-0.3, -0.25) is 0 Å². The molecule has 1 N–H and O–H groups in total. The number of nitrogens with one attached hydrogen (secondary N) is 1. The second-order valence-electron chi connectivity index (χ2n) is 4.70. The van der Waals surface area contributed by atoms with Gasteiger partial charge in [-0.2, -0.15) is 0 Å². The van der Waals surface area contributed by atoms with Crippen molar-refractivity contribution in [3.05, 3.63) is 35.1 Å². The lowest BCUT2D eigenvalue weighted by atomic mass is 9.86. The van der Waals surface area contributed by atoms with Crippen molar-refractivity contribution in [3.8, 4) is 0 Å². The van der Waals surface area contributed by atoms with Crippen molar-refractivity contribution in [3.63, 3.8) is 0 Å². The molecule has 1 aliphatic rings. The molecule has 1 fully saturated rings. The molecule has 0 bridgehead atoms. The SMILES string of the molecule is CCC1(Cc2cc(F)c(F)cc2F)CCCN1. The van der Waals surface area contributed by atoms with E-state index in [0.717, 1.165) is 31.9 Å². The zero-order valence-corrected chi connectivity index (χ0v) is 9.82. The average molecular weight is 243 g/mol. The van der Waals surface area contributed by atoms with Gasteiger partial charge in [-0.25, -0.2) is 13.2 Å². The minimum atomic E-state index is -1.13. The monoisotopic (exact) mass is 243 g/mol. The van der Waals surface area contributed by atoms with E-state index in [9.17, 15) is 13.2 Å². The van der Waals surface area contributed by atoms with Crippen LogP contribution in [0.2, 0.25) is 0 Å². The zero-order valence-electron chi connectivity index (χ0n) is 9.82. The molecule has 0 aliphatic carbocycles. The minimum absolute atomic E-state index is 0.162. The van der Waals surface area contributed by atoms with E-state index in [2.05, 4.69) is 5.32 Å². The van der Waals surface area contributed by atoms with Crippen LogP contribution in [0, 0.1) is 17.5 Å². The molecule has 0 saturated carbocycles. The molecular formula is C13H16F3N. The van der Waals surface area contributed by atoms with Crippen molar-refractivity contribution in [2.75, 3.05) is 6.54 Å². The van der Waals surface area contributed by atoms with Crippen LogP contribution in [0.5, 0.6) is 0 Å². The lowest BCUT2D eigenvalue weighted by Crippen LogP contribution is -2.41. The number of hydrogen-bond acceptors (Lipinski definition) is 1. The molecule has 1 aromatic rings. The third-order valence-electron chi connectivity index (χ3n) is 3.63. The van der Waals surface area contributed by atoms with Gasteiger partial charge in [0, 0.05) is 11.6 Å². The van der Waals surface area contributed by atoms with Gasteiger partial charge in [0.25, 0.3) is 0 Å². The summed E-state index contributed by atoms with van der Waals surface area (Å²) in [6.07, 6.45) is 3.25. The largest absolute Gasteiger partial charge is 0.311 e. The predicted octanol–water partition coefficient (Wildman–Crippen LogP) is 3.18. The summed E-state index contributed by atoms with van der Waals surface area (Å²) in [6, 6.07) is 1.60. The van der Waals surface area contributed by atoms with Crippen molar-refractivity contribution in [1.82, 2.24) is 5.32 Å². The first-order valence-corrected chi connectivity index (χ1v) is 5.95. The van der Waals surface area contributed by atoms with E-state index in [0.29, 0.717) is 12.5 Å². The Morgan fingerprint density at radius 1 is 1.18 bits per heavy atom. The van der Waals surface area contributed by atoms with Gasteiger partial charge in [0.05, 0.1) is 0 Å². The molecule has 4 heteroatoms. The van der Waals surface area contributed by atoms with Crippen LogP contribution in [0.3, 0.4) is 0 Å². The standard InChI is InChI=1S/C13H16F3N/c1-2-13(4-3-5-17-13)8-9-6-11(15)12(16)7-10(9)14/h6-7,17H,2-5,8H2,1H3. The Morgan fingerprint density at radius 3 is 2.47 bits per heavy atom. The highest BCUT2D eigenvalue weighted by Gasteiger charge is 2.32. The second kappa shape index (κ2) is 4.69. The third-order valence-corrected chi connectivity index (χ3v) is 3.63. The first-order chi connectivity index (χ1) is 8.06. The molecule has 0 spiro atoms. The number of rotatable bonds is 3. The summed E-state index contributed by atoms with van der Waals surface area (Å²) in [5.41, 5.74) is 0.0885. The van der Waals surface area contributed by atoms with E-state index in [1.807, 2.05) is 6.92 Å². The normalized spacial score (nSPS) is 24.2. The molecule has 17 heavy (non-hydrogen) atoms. The zero-order chi connectivity index (χ0) is 12.5. The van der Waals surface area contributed by atoms with Gasteiger partial charge in [0.15, 0.2) is 11.6 Å². The van der Waals surface area contributed by atoms with Crippen LogP contribution in [0.1, 0.15) is 31.7 Å². The van der Waals surface area contributed by atoms with Crippen LogP contribution in [0.15, 0.2) is 12.1 Å². The number of halogens is 3. The predicted molar refractivity (Wildman–Crippen MR) is 60.3 cm³/mol. The Kier molecular flexibility index (Phi) is 3.43. The maximum absolute atomic E-state index is 13.6. The highest BCUT2D eigenvalue weighted by atomic mass is 19.2. The van der Waals surface area contributed by atoms with Crippen molar-refractivity contribution >= 4 is 0 Å². The van der Waals surface area contributed by atoms with Crippen LogP contribution in [0.25, 0.3) is 0 Å². The average Bonchev–Trinajstić information content (AvgIpc) is 2.75. The lowest BCUT2D eigenvalue weighted by molar-refractivity contribution is 0.353. The van der Waals surface area contributed by atoms with Crippen molar-refractivity contribution in [1.29, 1.82) is 0 Å². The maximum Gasteiger partial charge on any atom is 0.161 e. The molecule has 2 rings (SSSR count). The van der Waals surface area contributed by atoms with Crippen LogP contribution < -0.4 is 5.32 Å². The summed E-state index contributed by atoms with van der Waals surface area (Å²) < 4.78 is 39.5. The fraction of sp³-hybridized carbons (Fsp3) is 0.538. The quantitative estimate of drug-likeness (QED) is 0.804. The summed E-state index contributed by atoms with van der Waals surface area (Å²) in [5.74, 6) is -2.77. The first-order valence-electron chi connectivity index (χ1n) is 5.95. The molecule has 1 saturated heterocycles. The Balaban J connectivity index is 2.26. The van der Waals surface area contributed by atoms with E-state index in [4.69, 9.17) is 0 Å². The second-order valence-corrected chi connectivity index (χ2v) is 4.70. The highest BCUT2D eigenvalue weighted by molar-refractivity contribution is 5.23. The Bertz CT molecular complexity index is 411. The Hall–Kier alpha value is -1.03. The number of benzene rings is 1. The summed E-state index contributed by atoms with van der Waals surface area (Å²) in [5, 5.41) is 3.35. The third kappa shape index (κ3) is 2.46. The van der Waals surface area contributed by atoms with Crippen LogP contribution in [0.4, 0.5) is 13.2 Å². The fourth-order valence-electron chi connectivity index (χ4n) is 2.51. The molecule has 1 aliphatic heterocycles. The van der Waals surface area contributed by atoms with E-state index in [1.54, 1.807) is 0 Å². The highest BCUT2D eigenvalue weighted by Crippen LogP contribution is 2.28. The van der Waals surface area contributed by atoms with Gasteiger partial charge in [0.1, 0.15) is 5.82 Å². The smallest absolute Gasteiger partial charge is 0.161 e. The lowest BCUT2D eigenvalue weighted by Gasteiger charge is -2.28. The summed E-state index contributed by atoms with van der Waals surface area (Å²) in [7, 11) is 0. The first kappa shape index (κ1) is 12.4. The van der Waals surface area contributed by atoms with E-state index in [-0.39, 0.29) is 11.1 Å². The van der Waals surface area contributed by atoms with Crippen LogP contribution >= 0.6 is 0 Å². The molecule has 1 heterocycles. The van der Waals surface area contributed by atoms with Gasteiger partial charge in [-0.05, 0) is 43.9 Å². The molecule has 1 aromatic carbocycles. The molecule has 1 nitrogen and oxygen atoms in total. The molecule has 0 aromatic heterocycles. The topological polar surface area (TPSA) is 12.0 Å². The Morgan fingerprint density at radius 2 is 1.88 bits per heavy atom. The number of hydrogen-bond donors (Lipinski definition) is 1. The molecular weight excluding hydrogens is 227 g/mol. The van der Waals surface area contributed by atoms with Gasteiger partial charge in [0.2, 0.25) is 0 Å². The van der Waals surface area contributed by atoms with Crippen LogP contribution in [-0.4, -0.2) is 12.1 Å². The maximum atomic E-state index is 13.6. The fourth-order valence-corrected chi connectivity index (χ4v) is 2.51. The van der Waals surface area contributed by atoms with Crippen molar-refractivity contribution < 1.29 is 13.2 Å². The van der Waals surface area contributed by atoms with Gasteiger partial charge >= 0.3 is 0 Å².